The second-order valence-corrected chi connectivity index (χ2v) is 8.81. The van der Waals surface area contributed by atoms with E-state index in [1.807, 2.05) is 16.7 Å². The Morgan fingerprint density at radius 1 is 1.21 bits per heavy atom. The molecule has 0 amide bonds. The summed E-state index contributed by atoms with van der Waals surface area (Å²) in [4.78, 5) is 26.5. The predicted molar refractivity (Wildman–Crippen MR) is 109 cm³/mol. The number of hydrogen-bond donors (Lipinski definition) is 3. The summed E-state index contributed by atoms with van der Waals surface area (Å²) in [6.45, 7) is 0. The normalized spacial score (nSPS) is 19.0. The molecule has 0 radical (unpaired) electrons. The molecule has 28 heavy (non-hydrogen) atoms. The maximum atomic E-state index is 12.7. The van der Waals surface area contributed by atoms with Crippen LogP contribution in [0.25, 0.3) is 21.3 Å². The Morgan fingerprint density at radius 2 is 2.00 bits per heavy atom. The molecule has 0 spiro atoms. The number of carboxylic acids is 1. The van der Waals surface area contributed by atoms with Crippen molar-refractivity contribution in [2.75, 3.05) is 5.73 Å². The highest BCUT2D eigenvalue weighted by Gasteiger charge is 2.28. The van der Waals surface area contributed by atoms with Crippen LogP contribution in [0.3, 0.4) is 0 Å². The van der Waals surface area contributed by atoms with E-state index in [4.69, 9.17) is 5.73 Å². The standard InChI is InChI=1S/C21H20N2O4S/c22-14-6-10(18-8-12-16(24)2-1-3-17(12)28-18)7-15-19(14)20(25)13(21(26)27)9-23(15)11-4-5-11/h6-9,11,16,24H,1-5,22H2,(H,26,27). The number of carboxylic acid groups (broad SMARTS) is 1. The molecule has 4 N–H and O–H groups in total. The molecule has 0 aliphatic heterocycles. The van der Waals surface area contributed by atoms with E-state index in [9.17, 15) is 19.8 Å². The first-order valence-corrected chi connectivity index (χ1v) is 10.3. The summed E-state index contributed by atoms with van der Waals surface area (Å²) in [7, 11) is 0. The third-order valence-corrected chi connectivity index (χ3v) is 6.96. The molecule has 2 aromatic heterocycles. The van der Waals surface area contributed by atoms with Crippen molar-refractivity contribution < 1.29 is 15.0 Å². The molecule has 2 heterocycles. The fourth-order valence-electron chi connectivity index (χ4n) is 4.13. The van der Waals surface area contributed by atoms with Gasteiger partial charge in [-0.1, -0.05) is 0 Å². The second kappa shape index (κ2) is 6.18. The van der Waals surface area contributed by atoms with E-state index >= 15 is 0 Å². The van der Waals surface area contributed by atoms with E-state index < -0.39 is 17.5 Å². The monoisotopic (exact) mass is 396 g/mol. The third-order valence-electron chi connectivity index (χ3n) is 5.70. The Hall–Kier alpha value is -2.64. The van der Waals surface area contributed by atoms with Gasteiger partial charge in [-0.05, 0) is 61.4 Å². The highest BCUT2D eigenvalue weighted by Crippen LogP contribution is 2.42. The number of nitrogens with zero attached hydrogens (tertiary/aromatic N) is 1. The number of hydrogen-bond acceptors (Lipinski definition) is 5. The van der Waals surface area contributed by atoms with Crippen LogP contribution in [-0.4, -0.2) is 20.7 Å². The lowest BCUT2D eigenvalue weighted by Crippen LogP contribution is -2.19. The highest BCUT2D eigenvalue weighted by molar-refractivity contribution is 7.15. The summed E-state index contributed by atoms with van der Waals surface area (Å²) in [5.74, 6) is -1.23. The number of fused-ring (bicyclic) bond motifs is 2. The van der Waals surface area contributed by atoms with Gasteiger partial charge < -0.3 is 20.5 Å². The van der Waals surface area contributed by atoms with Gasteiger partial charge in [0.25, 0.3) is 0 Å². The van der Waals surface area contributed by atoms with Crippen molar-refractivity contribution in [3.05, 3.63) is 50.6 Å². The Balaban J connectivity index is 1.75. The van der Waals surface area contributed by atoms with Gasteiger partial charge in [-0.15, -0.1) is 11.3 Å². The van der Waals surface area contributed by atoms with Crippen LogP contribution >= 0.6 is 11.3 Å². The lowest BCUT2D eigenvalue weighted by atomic mass is 9.95. The second-order valence-electron chi connectivity index (χ2n) is 7.67. The molecule has 7 heteroatoms. The zero-order valence-corrected chi connectivity index (χ0v) is 16.0. The summed E-state index contributed by atoms with van der Waals surface area (Å²) in [5.41, 5.74) is 8.33. The van der Waals surface area contributed by atoms with E-state index in [-0.39, 0.29) is 17.0 Å². The van der Waals surface area contributed by atoms with Crippen molar-refractivity contribution in [1.82, 2.24) is 4.57 Å². The SMILES string of the molecule is Nc1cc(-c2cc3c(s2)CCCC3O)cc2c1c(=O)c(C(=O)O)cn2C1CC1. The van der Waals surface area contributed by atoms with Crippen LogP contribution in [0.15, 0.2) is 29.2 Å². The molecule has 6 nitrogen and oxygen atoms in total. The molecule has 1 unspecified atom stereocenters. The van der Waals surface area contributed by atoms with Crippen molar-refractivity contribution in [3.8, 4) is 10.4 Å². The molecular formula is C21H20N2O4S. The van der Waals surface area contributed by atoms with Crippen molar-refractivity contribution in [2.45, 2.75) is 44.2 Å². The van der Waals surface area contributed by atoms with Crippen LogP contribution in [0.1, 0.15) is 58.6 Å². The van der Waals surface area contributed by atoms with E-state index in [2.05, 4.69) is 0 Å². The van der Waals surface area contributed by atoms with Gasteiger partial charge in [0.15, 0.2) is 0 Å². The fourth-order valence-corrected chi connectivity index (χ4v) is 5.37. The van der Waals surface area contributed by atoms with Gasteiger partial charge in [-0.2, -0.15) is 0 Å². The summed E-state index contributed by atoms with van der Waals surface area (Å²) < 4.78 is 1.89. The number of carbonyl (C=O) groups is 1. The van der Waals surface area contributed by atoms with Crippen LogP contribution in [0, 0.1) is 0 Å². The van der Waals surface area contributed by atoms with Gasteiger partial charge in [0.2, 0.25) is 5.43 Å². The summed E-state index contributed by atoms with van der Waals surface area (Å²) in [6, 6.07) is 5.90. The predicted octanol–water partition coefficient (Wildman–Crippen LogP) is 3.72. The zero-order chi connectivity index (χ0) is 19.6. The summed E-state index contributed by atoms with van der Waals surface area (Å²) in [5, 5.41) is 20.0. The first-order valence-electron chi connectivity index (χ1n) is 9.46. The molecule has 5 rings (SSSR count). The van der Waals surface area contributed by atoms with Gasteiger partial charge in [0, 0.05) is 27.7 Å². The van der Waals surface area contributed by atoms with Gasteiger partial charge >= 0.3 is 5.97 Å². The van der Waals surface area contributed by atoms with E-state index in [0.717, 1.165) is 48.1 Å². The molecule has 0 bridgehead atoms. The van der Waals surface area contributed by atoms with Crippen LogP contribution < -0.4 is 11.2 Å². The van der Waals surface area contributed by atoms with Crippen LogP contribution in [0.2, 0.25) is 0 Å². The molecule has 144 valence electrons. The average molecular weight is 396 g/mol. The number of thiophene rings is 1. The number of pyridine rings is 1. The van der Waals surface area contributed by atoms with Gasteiger partial charge in [-0.25, -0.2) is 4.79 Å². The molecule has 0 saturated heterocycles. The van der Waals surface area contributed by atoms with E-state index in [0.29, 0.717) is 11.2 Å². The van der Waals surface area contributed by atoms with Crippen molar-refractivity contribution in [1.29, 1.82) is 0 Å². The number of aromatic nitrogens is 1. The van der Waals surface area contributed by atoms with Gasteiger partial charge in [-0.3, -0.25) is 4.79 Å². The summed E-state index contributed by atoms with van der Waals surface area (Å²) in [6.07, 6.45) is 5.68. The van der Waals surface area contributed by atoms with Gasteiger partial charge in [0.1, 0.15) is 5.56 Å². The number of rotatable bonds is 3. The quantitative estimate of drug-likeness (QED) is 0.585. The molecule has 1 atom stereocenters. The first-order chi connectivity index (χ1) is 13.4. The zero-order valence-electron chi connectivity index (χ0n) is 15.1. The smallest absolute Gasteiger partial charge is 0.341 e. The molecular weight excluding hydrogens is 376 g/mol. The maximum absolute atomic E-state index is 12.7. The number of aryl methyl sites for hydroxylation is 1. The van der Waals surface area contributed by atoms with Crippen molar-refractivity contribution >= 4 is 33.9 Å². The Bertz CT molecular complexity index is 1190. The minimum atomic E-state index is -1.23. The van der Waals surface area contributed by atoms with Gasteiger partial charge in [0.05, 0.1) is 17.0 Å². The molecule has 1 saturated carbocycles. The first kappa shape index (κ1) is 17.5. The van der Waals surface area contributed by atoms with Crippen LogP contribution in [-0.2, 0) is 6.42 Å². The molecule has 2 aliphatic carbocycles. The minimum Gasteiger partial charge on any atom is -0.477 e. The number of aliphatic hydroxyl groups is 1. The molecule has 2 aliphatic rings. The lowest BCUT2D eigenvalue weighted by Gasteiger charge is -2.16. The molecule has 1 fully saturated rings. The number of aliphatic hydroxyl groups excluding tert-OH is 1. The Morgan fingerprint density at radius 3 is 2.68 bits per heavy atom. The summed E-state index contributed by atoms with van der Waals surface area (Å²) >= 11 is 1.65. The molecule has 3 aromatic rings. The average Bonchev–Trinajstić information content (AvgIpc) is 3.39. The topological polar surface area (TPSA) is 106 Å². The van der Waals surface area contributed by atoms with Crippen LogP contribution in [0.4, 0.5) is 5.69 Å². The largest absolute Gasteiger partial charge is 0.477 e. The van der Waals surface area contributed by atoms with Crippen molar-refractivity contribution in [2.24, 2.45) is 0 Å². The Kier molecular flexibility index (Phi) is 3.86. The number of anilines is 1. The fraction of sp³-hybridized carbons (Fsp3) is 0.333. The van der Waals surface area contributed by atoms with E-state index in [1.54, 1.807) is 17.4 Å². The molecule has 1 aromatic carbocycles. The number of benzene rings is 1. The maximum Gasteiger partial charge on any atom is 0.341 e. The number of nitrogens with two attached hydrogens (primary N) is 1. The van der Waals surface area contributed by atoms with Crippen molar-refractivity contribution in [3.63, 3.8) is 0 Å². The number of aromatic carboxylic acids is 1. The van der Waals surface area contributed by atoms with E-state index in [1.165, 1.54) is 11.1 Å². The number of nitrogen functional groups attached to an aromatic ring is 1. The lowest BCUT2D eigenvalue weighted by molar-refractivity contribution is 0.0695. The van der Waals surface area contributed by atoms with Crippen LogP contribution in [0.5, 0.6) is 0 Å². The minimum absolute atomic E-state index is 0.203. The third kappa shape index (κ3) is 2.65. The highest BCUT2D eigenvalue weighted by atomic mass is 32.1. The Labute approximate surface area is 164 Å².